The molecule has 2 rings (SSSR count). The van der Waals surface area contributed by atoms with Crippen LogP contribution in [0.15, 0.2) is 18.5 Å². The van der Waals surface area contributed by atoms with Gasteiger partial charge < -0.3 is 11.1 Å². The van der Waals surface area contributed by atoms with Gasteiger partial charge in [-0.05, 0) is 24.6 Å². The van der Waals surface area contributed by atoms with Crippen molar-refractivity contribution in [2.75, 3.05) is 17.6 Å². The minimum atomic E-state index is 0.567. The number of nitrogens with one attached hydrogen (secondary N) is 2. The fourth-order valence-electron chi connectivity index (χ4n) is 1.56. The van der Waals surface area contributed by atoms with E-state index >= 15 is 0 Å². The van der Waals surface area contributed by atoms with Crippen molar-refractivity contribution in [2.45, 2.75) is 13.3 Å². The molecule has 0 aliphatic carbocycles. The summed E-state index contributed by atoms with van der Waals surface area (Å²) in [6.45, 7) is 2.75. The molecule has 1 heterocycles. The van der Waals surface area contributed by atoms with E-state index in [-0.39, 0.29) is 0 Å². The van der Waals surface area contributed by atoms with Crippen molar-refractivity contribution < 1.29 is 0 Å². The van der Waals surface area contributed by atoms with Crippen LogP contribution in [0.25, 0.3) is 0 Å². The van der Waals surface area contributed by atoms with Gasteiger partial charge in [0.05, 0.1) is 10.7 Å². The Balaban J connectivity index is 1.97. The summed E-state index contributed by atoms with van der Waals surface area (Å²) in [6.07, 6.45) is 2.28. The minimum Gasteiger partial charge on any atom is -0.398 e. The maximum atomic E-state index is 5.97. The quantitative estimate of drug-likeness (QED) is 0.726. The van der Waals surface area contributed by atoms with Crippen molar-refractivity contribution in [1.82, 2.24) is 15.2 Å². The van der Waals surface area contributed by atoms with Gasteiger partial charge in [0.2, 0.25) is 0 Å². The van der Waals surface area contributed by atoms with E-state index in [0.717, 1.165) is 30.0 Å². The van der Waals surface area contributed by atoms with Crippen molar-refractivity contribution in [2.24, 2.45) is 0 Å². The Morgan fingerprint density at radius 3 is 3.00 bits per heavy atom. The number of rotatable bonds is 4. The summed E-state index contributed by atoms with van der Waals surface area (Å²) >= 11 is 5.97. The van der Waals surface area contributed by atoms with Crippen LogP contribution in [-0.2, 0) is 6.42 Å². The molecule has 0 aliphatic heterocycles. The highest BCUT2D eigenvalue weighted by molar-refractivity contribution is 6.33. The summed E-state index contributed by atoms with van der Waals surface area (Å²) in [4.78, 5) is 4.05. The molecule has 2 aromatic rings. The van der Waals surface area contributed by atoms with Crippen LogP contribution in [0.2, 0.25) is 5.02 Å². The van der Waals surface area contributed by atoms with Crippen LogP contribution in [0, 0.1) is 6.92 Å². The number of hydrogen-bond acceptors (Lipinski definition) is 4. The number of halogens is 1. The number of aryl methyl sites for hydroxylation is 1. The van der Waals surface area contributed by atoms with Crippen LogP contribution in [0.1, 0.15) is 11.4 Å². The largest absolute Gasteiger partial charge is 0.398 e. The fraction of sp³-hybridized carbons (Fsp3) is 0.273. The number of nitrogens with two attached hydrogens (primary N) is 1. The molecular weight excluding hydrogens is 238 g/mol. The van der Waals surface area contributed by atoms with Crippen LogP contribution < -0.4 is 11.1 Å². The Morgan fingerprint density at radius 1 is 1.47 bits per heavy atom. The third-order valence-corrected chi connectivity index (χ3v) is 2.81. The Morgan fingerprint density at radius 2 is 2.29 bits per heavy atom. The predicted molar refractivity (Wildman–Crippen MR) is 69.2 cm³/mol. The van der Waals surface area contributed by atoms with Crippen LogP contribution in [-0.4, -0.2) is 21.7 Å². The molecule has 0 amide bonds. The number of aromatic amines is 1. The normalized spacial score (nSPS) is 10.5. The molecule has 0 saturated carbocycles. The Labute approximate surface area is 104 Å². The maximum absolute atomic E-state index is 5.97. The summed E-state index contributed by atoms with van der Waals surface area (Å²) in [5.74, 6) is 0.858. The third kappa shape index (κ3) is 2.88. The van der Waals surface area contributed by atoms with Crippen LogP contribution in [0.4, 0.5) is 11.4 Å². The van der Waals surface area contributed by atoms with E-state index < -0.39 is 0 Å². The topological polar surface area (TPSA) is 79.6 Å². The lowest BCUT2D eigenvalue weighted by atomic mass is 10.1. The third-order valence-electron chi connectivity index (χ3n) is 2.49. The summed E-state index contributed by atoms with van der Waals surface area (Å²) in [5, 5.41) is 10.5. The minimum absolute atomic E-state index is 0.567. The summed E-state index contributed by atoms with van der Waals surface area (Å²) in [7, 11) is 0. The molecule has 5 nitrogen and oxygen atoms in total. The molecule has 90 valence electrons. The number of benzene rings is 1. The van der Waals surface area contributed by atoms with E-state index in [0.29, 0.717) is 10.7 Å². The van der Waals surface area contributed by atoms with Gasteiger partial charge in [0, 0.05) is 18.7 Å². The van der Waals surface area contributed by atoms with Crippen LogP contribution in [0.5, 0.6) is 0 Å². The number of H-pyrrole nitrogens is 1. The fourth-order valence-corrected chi connectivity index (χ4v) is 1.72. The van der Waals surface area contributed by atoms with Crippen molar-refractivity contribution in [3.05, 3.63) is 34.9 Å². The average Bonchev–Trinajstić information content (AvgIpc) is 2.78. The lowest BCUT2D eigenvalue weighted by Crippen LogP contribution is -2.07. The van der Waals surface area contributed by atoms with Crippen LogP contribution in [0.3, 0.4) is 0 Å². The second-order valence-electron chi connectivity index (χ2n) is 3.80. The molecule has 4 N–H and O–H groups in total. The zero-order valence-electron chi connectivity index (χ0n) is 9.50. The van der Waals surface area contributed by atoms with Gasteiger partial charge in [0.1, 0.15) is 12.2 Å². The molecule has 0 radical (unpaired) electrons. The first-order chi connectivity index (χ1) is 8.16. The zero-order chi connectivity index (χ0) is 12.3. The molecule has 0 bridgehead atoms. The van der Waals surface area contributed by atoms with E-state index in [2.05, 4.69) is 20.5 Å². The van der Waals surface area contributed by atoms with Gasteiger partial charge in [0.25, 0.3) is 0 Å². The Hall–Kier alpha value is -1.75. The molecule has 6 heteroatoms. The van der Waals surface area contributed by atoms with Gasteiger partial charge in [-0.2, -0.15) is 5.10 Å². The molecule has 1 aromatic carbocycles. The van der Waals surface area contributed by atoms with E-state index in [1.165, 1.54) is 6.33 Å². The number of nitrogens with zero attached hydrogens (tertiary/aromatic N) is 2. The highest BCUT2D eigenvalue weighted by atomic mass is 35.5. The first-order valence-electron chi connectivity index (χ1n) is 5.30. The van der Waals surface area contributed by atoms with E-state index in [9.17, 15) is 0 Å². The molecule has 0 aliphatic rings. The molecule has 0 fully saturated rings. The van der Waals surface area contributed by atoms with Gasteiger partial charge in [-0.3, -0.25) is 5.10 Å². The maximum Gasteiger partial charge on any atom is 0.137 e. The summed E-state index contributed by atoms with van der Waals surface area (Å²) in [6, 6.07) is 3.70. The second-order valence-corrected chi connectivity index (χ2v) is 4.20. The molecule has 1 aromatic heterocycles. The molecule has 0 atom stereocenters. The summed E-state index contributed by atoms with van der Waals surface area (Å²) < 4.78 is 0. The molecule has 0 spiro atoms. The Kier molecular flexibility index (Phi) is 3.49. The zero-order valence-corrected chi connectivity index (χ0v) is 10.3. The standard InChI is InChI=1S/C11H14ClN5/c1-7-4-9(13)8(12)5-10(7)14-3-2-11-15-6-16-17-11/h4-6,14H,2-3,13H2,1H3,(H,15,16,17). The second kappa shape index (κ2) is 5.05. The van der Waals surface area contributed by atoms with E-state index in [4.69, 9.17) is 17.3 Å². The van der Waals surface area contributed by atoms with Crippen molar-refractivity contribution in [1.29, 1.82) is 0 Å². The monoisotopic (exact) mass is 251 g/mol. The lowest BCUT2D eigenvalue weighted by Gasteiger charge is -2.10. The first-order valence-corrected chi connectivity index (χ1v) is 5.68. The SMILES string of the molecule is Cc1cc(N)c(Cl)cc1NCCc1ncn[nH]1. The molecule has 17 heavy (non-hydrogen) atoms. The predicted octanol–water partition coefficient (Wildman–Crippen LogP) is 2.00. The Bertz CT molecular complexity index is 495. The highest BCUT2D eigenvalue weighted by Gasteiger charge is 2.03. The molecule has 0 saturated heterocycles. The number of anilines is 2. The lowest BCUT2D eigenvalue weighted by molar-refractivity contribution is 0.900. The van der Waals surface area contributed by atoms with Crippen molar-refractivity contribution >= 4 is 23.0 Å². The van der Waals surface area contributed by atoms with Gasteiger partial charge in [-0.1, -0.05) is 11.6 Å². The van der Waals surface area contributed by atoms with Crippen molar-refractivity contribution in [3.8, 4) is 0 Å². The van der Waals surface area contributed by atoms with Crippen LogP contribution >= 0.6 is 11.6 Å². The molecule has 0 unspecified atom stereocenters. The first kappa shape index (κ1) is 11.7. The van der Waals surface area contributed by atoms with E-state index in [1.807, 2.05) is 19.1 Å². The van der Waals surface area contributed by atoms with Gasteiger partial charge in [-0.15, -0.1) is 0 Å². The highest BCUT2D eigenvalue weighted by Crippen LogP contribution is 2.26. The van der Waals surface area contributed by atoms with Gasteiger partial charge in [0.15, 0.2) is 0 Å². The van der Waals surface area contributed by atoms with Gasteiger partial charge in [-0.25, -0.2) is 4.98 Å². The number of hydrogen-bond donors (Lipinski definition) is 3. The summed E-state index contributed by atoms with van der Waals surface area (Å²) in [5.41, 5.74) is 8.38. The number of nitrogen functional groups attached to an aromatic ring is 1. The smallest absolute Gasteiger partial charge is 0.137 e. The van der Waals surface area contributed by atoms with E-state index in [1.54, 1.807) is 0 Å². The van der Waals surface area contributed by atoms with Crippen molar-refractivity contribution in [3.63, 3.8) is 0 Å². The molecular formula is C11H14ClN5. The van der Waals surface area contributed by atoms with Gasteiger partial charge >= 0.3 is 0 Å². The number of aromatic nitrogens is 3. The average molecular weight is 252 g/mol.